The average Bonchev–Trinajstić information content (AvgIpc) is 3.33. The van der Waals surface area contributed by atoms with Crippen LogP contribution in [0.3, 0.4) is 0 Å². The van der Waals surface area contributed by atoms with Gasteiger partial charge in [-0.2, -0.15) is 0 Å². The minimum absolute atomic E-state index is 0.0555. The zero-order chi connectivity index (χ0) is 23.9. The third-order valence-corrected chi connectivity index (χ3v) is 8.12. The standard InChI is InChI=1S/C26H25ClN2O4S/c1-32-24-9-4-3-6-20(24)26-19-8-5-7-18(19)21-15-17(11-12-22(21)28-26)34(30,31)29-23-14-16(27)10-13-25(23)33-2/h3-7,9-15,18-19,26,28-29H,8H2,1-2H3/t18-,19+,26-/m0/s1. The van der Waals surface area contributed by atoms with E-state index in [-0.39, 0.29) is 22.8 Å². The Kier molecular flexibility index (Phi) is 5.91. The number of benzene rings is 3. The summed E-state index contributed by atoms with van der Waals surface area (Å²) < 4.78 is 40.0. The largest absolute Gasteiger partial charge is 0.496 e. The molecule has 1 aliphatic carbocycles. The first-order valence-corrected chi connectivity index (χ1v) is 12.8. The van der Waals surface area contributed by atoms with Crippen LogP contribution >= 0.6 is 11.6 Å². The fourth-order valence-electron chi connectivity index (χ4n) is 4.93. The van der Waals surface area contributed by atoms with Crippen LogP contribution in [-0.4, -0.2) is 22.6 Å². The topological polar surface area (TPSA) is 76.7 Å². The lowest BCUT2D eigenvalue weighted by Crippen LogP contribution is -2.29. The Hall–Kier alpha value is -3.16. The molecule has 2 N–H and O–H groups in total. The third-order valence-electron chi connectivity index (χ3n) is 6.52. The second-order valence-electron chi connectivity index (χ2n) is 8.42. The van der Waals surface area contributed by atoms with Crippen LogP contribution in [0.2, 0.25) is 5.02 Å². The fourth-order valence-corrected chi connectivity index (χ4v) is 6.20. The van der Waals surface area contributed by atoms with Crippen molar-refractivity contribution >= 4 is 33.0 Å². The lowest BCUT2D eigenvalue weighted by molar-refractivity contribution is 0.381. The van der Waals surface area contributed by atoms with Gasteiger partial charge >= 0.3 is 0 Å². The number of ether oxygens (including phenoxy) is 2. The van der Waals surface area contributed by atoms with Crippen LogP contribution in [0.4, 0.5) is 11.4 Å². The van der Waals surface area contributed by atoms with E-state index < -0.39 is 10.0 Å². The van der Waals surface area contributed by atoms with Gasteiger partial charge in [-0.3, -0.25) is 4.72 Å². The molecule has 6 nitrogen and oxygen atoms in total. The predicted octanol–water partition coefficient (Wildman–Crippen LogP) is 5.98. The first-order chi connectivity index (χ1) is 16.4. The SMILES string of the molecule is COc1ccc(Cl)cc1NS(=O)(=O)c1ccc2c(c1)[C@H]1C=CC[C@H]1[C@@H](c1ccccc1OC)N2. The van der Waals surface area contributed by atoms with Crippen molar-refractivity contribution in [1.29, 1.82) is 0 Å². The summed E-state index contributed by atoms with van der Waals surface area (Å²) in [6.45, 7) is 0. The van der Waals surface area contributed by atoms with E-state index in [1.807, 2.05) is 24.3 Å². The molecule has 0 fully saturated rings. The average molecular weight is 497 g/mol. The van der Waals surface area contributed by atoms with Crippen molar-refractivity contribution in [3.05, 3.63) is 89.0 Å². The molecule has 1 aliphatic heterocycles. The zero-order valence-corrected chi connectivity index (χ0v) is 20.4. The van der Waals surface area contributed by atoms with Gasteiger partial charge < -0.3 is 14.8 Å². The summed E-state index contributed by atoms with van der Waals surface area (Å²) in [7, 11) is -0.700. The third kappa shape index (κ3) is 3.99. The molecule has 34 heavy (non-hydrogen) atoms. The normalized spacial score (nSPS) is 20.7. The van der Waals surface area contributed by atoms with Gasteiger partial charge in [-0.1, -0.05) is 42.0 Å². The van der Waals surface area contributed by atoms with E-state index in [1.165, 1.54) is 13.2 Å². The van der Waals surface area contributed by atoms with Gasteiger partial charge in [-0.25, -0.2) is 8.42 Å². The van der Waals surface area contributed by atoms with Crippen LogP contribution in [0.5, 0.6) is 11.5 Å². The van der Waals surface area contributed by atoms with Crippen molar-refractivity contribution in [2.75, 3.05) is 24.3 Å². The van der Waals surface area contributed by atoms with Crippen molar-refractivity contribution in [3.8, 4) is 11.5 Å². The Morgan fingerprint density at radius 2 is 1.76 bits per heavy atom. The summed E-state index contributed by atoms with van der Waals surface area (Å²) in [5, 5.41) is 4.05. The van der Waals surface area contributed by atoms with E-state index in [9.17, 15) is 8.42 Å². The van der Waals surface area contributed by atoms with Gasteiger partial charge in [0.05, 0.1) is 30.8 Å². The molecule has 3 atom stereocenters. The monoisotopic (exact) mass is 496 g/mol. The number of halogens is 1. The second-order valence-corrected chi connectivity index (χ2v) is 10.5. The molecule has 176 valence electrons. The molecule has 0 amide bonds. The maximum atomic E-state index is 13.3. The van der Waals surface area contributed by atoms with Gasteiger partial charge in [0, 0.05) is 22.2 Å². The highest BCUT2D eigenvalue weighted by molar-refractivity contribution is 7.92. The van der Waals surface area contributed by atoms with Gasteiger partial charge in [-0.05, 0) is 60.4 Å². The zero-order valence-electron chi connectivity index (χ0n) is 18.8. The van der Waals surface area contributed by atoms with Crippen LogP contribution in [0.25, 0.3) is 0 Å². The number of para-hydroxylation sites is 1. The first-order valence-electron chi connectivity index (χ1n) is 11.0. The summed E-state index contributed by atoms with van der Waals surface area (Å²) in [6, 6.07) is 18.1. The summed E-state index contributed by atoms with van der Waals surface area (Å²) in [5.41, 5.74) is 3.27. The Morgan fingerprint density at radius 3 is 2.56 bits per heavy atom. The molecule has 1 heterocycles. The van der Waals surface area contributed by atoms with E-state index >= 15 is 0 Å². The maximum absolute atomic E-state index is 13.3. The van der Waals surface area contributed by atoms with Crippen LogP contribution in [0.1, 0.15) is 29.5 Å². The van der Waals surface area contributed by atoms with Crippen molar-refractivity contribution < 1.29 is 17.9 Å². The van der Waals surface area contributed by atoms with Crippen LogP contribution in [0, 0.1) is 5.92 Å². The molecule has 3 aromatic carbocycles. The van der Waals surface area contributed by atoms with E-state index in [2.05, 4.69) is 28.3 Å². The van der Waals surface area contributed by atoms with E-state index in [4.69, 9.17) is 21.1 Å². The number of rotatable bonds is 6. The summed E-state index contributed by atoms with van der Waals surface area (Å²) in [5.74, 6) is 1.59. The van der Waals surface area contributed by atoms with Gasteiger partial charge in [-0.15, -0.1) is 0 Å². The molecule has 0 spiro atoms. The second kappa shape index (κ2) is 8.89. The van der Waals surface area contributed by atoms with Crippen molar-refractivity contribution in [1.82, 2.24) is 0 Å². The number of hydrogen-bond donors (Lipinski definition) is 2. The number of sulfonamides is 1. The Morgan fingerprint density at radius 1 is 0.971 bits per heavy atom. The maximum Gasteiger partial charge on any atom is 0.262 e. The summed E-state index contributed by atoms with van der Waals surface area (Å²) in [6.07, 6.45) is 5.25. The number of fused-ring (bicyclic) bond motifs is 3. The number of allylic oxidation sites excluding steroid dienone is 2. The van der Waals surface area contributed by atoms with E-state index in [0.29, 0.717) is 16.5 Å². The number of anilines is 2. The van der Waals surface area contributed by atoms with Gasteiger partial charge in [0.1, 0.15) is 11.5 Å². The number of hydrogen-bond acceptors (Lipinski definition) is 5. The minimum Gasteiger partial charge on any atom is -0.496 e. The molecule has 0 saturated heterocycles. The molecule has 0 saturated carbocycles. The highest BCUT2D eigenvalue weighted by atomic mass is 35.5. The fraction of sp³-hybridized carbons (Fsp3) is 0.231. The van der Waals surface area contributed by atoms with Crippen molar-refractivity contribution in [2.45, 2.75) is 23.3 Å². The Labute approximate surface area is 204 Å². The smallest absolute Gasteiger partial charge is 0.262 e. The van der Waals surface area contributed by atoms with E-state index in [0.717, 1.165) is 29.0 Å². The molecular weight excluding hydrogens is 472 g/mol. The molecule has 0 unspecified atom stereocenters. The first kappa shape index (κ1) is 22.6. The quantitative estimate of drug-likeness (QED) is 0.410. The van der Waals surface area contributed by atoms with Gasteiger partial charge in [0.2, 0.25) is 0 Å². The molecule has 0 radical (unpaired) electrons. The molecule has 5 rings (SSSR count). The molecule has 2 aliphatic rings. The predicted molar refractivity (Wildman–Crippen MR) is 135 cm³/mol. The Balaban J connectivity index is 1.51. The molecule has 3 aromatic rings. The highest BCUT2D eigenvalue weighted by Gasteiger charge is 2.39. The van der Waals surface area contributed by atoms with Gasteiger partial charge in [0.25, 0.3) is 10.0 Å². The highest BCUT2D eigenvalue weighted by Crippen LogP contribution is 2.51. The Bertz CT molecular complexity index is 1370. The van der Waals surface area contributed by atoms with Crippen molar-refractivity contribution in [2.24, 2.45) is 5.92 Å². The van der Waals surface area contributed by atoms with Crippen molar-refractivity contribution in [3.63, 3.8) is 0 Å². The van der Waals surface area contributed by atoms with Crippen LogP contribution in [0.15, 0.2) is 77.7 Å². The van der Waals surface area contributed by atoms with E-state index in [1.54, 1.807) is 31.4 Å². The van der Waals surface area contributed by atoms with Gasteiger partial charge in [0.15, 0.2) is 0 Å². The molecule has 0 aromatic heterocycles. The van der Waals surface area contributed by atoms with Crippen LogP contribution in [-0.2, 0) is 10.0 Å². The molecular formula is C26H25ClN2O4S. The summed E-state index contributed by atoms with van der Waals surface area (Å²) in [4.78, 5) is 0.185. The summed E-state index contributed by atoms with van der Waals surface area (Å²) >= 11 is 6.07. The molecule has 0 bridgehead atoms. The minimum atomic E-state index is -3.86. The van der Waals surface area contributed by atoms with Crippen LogP contribution < -0.4 is 19.5 Å². The lowest BCUT2D eigenvalue weighted by atomic mass is 9.77. The number of nitrogens with one attached hydrogen (secondary N) is 2. The lowest BCUT2D eigenvalue weighted by Gasteiger charge is -2.38. The number of methoxy groups -OCH3 is 2. The molecule has 8 heteroatoms.